The Morgan fingerprint density at radius 3 is 2.46 bits per heavy atom. The summed E-state index contributed by atoms with van der Waals surface area (Å²) in [5, 5.41) is 20.8. The fraction of sp³-hybridized carbons (Fsp3) is 0.389. The molecule has 128 valence electrons. The molecule has 0 radical (unpaired) electrons. The third kappa shape index (κ3) is 6.53. The van der Waals surface area contributed by atoms with Crippen LogP contribution in [-0.4, -0.2) is 35.0 Å². The quantitative estimate of drug-likeness (QED) is 0.563. The molecule has 0 aliphatic rings. The van der Waals surface area contributed by atoms with E-state index in [0.29, 0.717) is 13.0 Å². The topological polar surface area (TPSA) is 93.4 Å². The van der Waals surface area contributed by atoms with Crippen molar-refractivity contribution in [2.75, 3.05) is 7.05 Å². The predicted octanol–water partition coefficient (Wildman–Crippen LogP) is 2.14. The summed E-state index contributed by atoms with van der Waals surface area (Å²) in [4.78, 5) is 25.1. The fourth-order valence-corrected chi connectivity index (χ4v) is 2.20. The maximum Gasteiger partial charge on any atom is 0.326 e. The Morgan fingerprint density at radius 2 is 1.96 bits per heavy atom. The molecule has 0 heterocycles. The van der Waals surface area contributed by atoms with E-state index in [0.717, 1.165) is 5.56 Å². The van der Waals surface area contributed by atoms with Gasteiger partial charge in [0.15, 0.2) is 0 Å². The average molecular weight is 329 g/mol. The molecule has 6 heteroatoms. The van der Waals surface area contributed by atoms with Crippen LogP contribution in [0.5, 0.6) is 0 Å². The molecule has 1 aromatic rings. The van der Waals surface area contributed by atoms with Crippen molar-refractivity contribution in [1.82, 2.24) is 10.2 Å². The molecule has 2 N–H and O–H groups in total. The van der Waals surface area contributed by atoms with Crippen LogP contribution in [0.25, 0.3) is 0 Å². The lowest BCUT2D eigenvalue weighted by Gasteiger charge is -2.18. The van der Waals surface area contributed by atoms with Crippen LogP contribution >= 0.6 is 0 Å². The van der Waals surface area contributed by atoms with Crippen molar-refractivity contribution in [2.24, 2.45) is 5.92 Å². The summed E-state index contributed by atoms with van der Waals surface area (Å²) < 4.78 is 0. The number of rotatable bonds is 8. The van der Waals surface area contributed by atoms with Crippen LogP contribution in [0.3, 0.4) is 0 Å². The lowest BCUT2D eigenvalue weighted by atomic mass is 10.0. The van der Waals surface area contributed by atoms with Gasteiger partial charge in [0.05, 0.1) is 0 Å². The first-order valence-electron chi connectivity index (χ1n) is 7.73. The zero-order valence-electron chi connectivity index (χ0n) is 14.2. The fourth-order valence-electron chi connectivity index (χ4n) is 2.20. The zero-order chi connectivity index (χ0) is 18.1. The van der Waals surface area contributed by atoms with Crippen LogP contribution in [0.1, 0.15) is 25.8 Å². The Kier molecular flexibility index (Phi) is 7.50. The summed E-state index contributed by atoms with van der Waals surface area (Å²) in [5.41, 5.74) is 0.917. The summed E-state index contributed by atoms with van der Waals surface area (Å²) >= 11 is 0. The molecule has 1 amide bonds. The number of benzene rings is 1. The van der Waals surface area contributed by atoms with Gasteiger partial charge in [0.1, 0.15) is 17.7 Å². The van der Waals surface area contributed by atoms with Crippen LogP contribution in [0.2, 0.25) is 0 Å². The van der Waals surface area contributed by atoms with E-state index in [1.807, 2.05) is 50.2 Å². The van der Waals surface area contributed by atoms with Gasteiger partial charge in [-0.15, -0.1) is 0 Å². The molecule has 0 bridgehead atoms. The van der Waals surface area contributed by atoms with Crippen LogP contribution < -0.4 is 5.32 Å². The number of hydrogen-bond donors (Lipinski definition) is 2. The normalized spacial score (nSPS) is 12.4. The van der Waals surface area contributed by atoms with Gasteiger partial charge in [-0.3, -0.25) is 4.79 Å². The van der Waals surface area contributed by atoms with E-state index < -0.39 is 17.9 Å². The minimum Gasteiger partial charge on any atom is -0.480 e. The zero-order valence-corrected chi connectivity index (χ0v) is 14.2. The van der Waals surface area contributed by atoms with E-state index in [2.05, 4.69) is 5.32 Å². The van der Waals surface area contributed by atoms with Gasteiger partial charge >= 0.3 is 5.97 Å². The number of carbonyl (C=O) groups excluding carboxylic acids is 1. The van der Waals surface area contributed by atoms with E-state index >= 15 is 0 Å². The Bertz CT molecular complexity index is 633. The van der Waals surface area contributed by atoms with Crippen molar-refractivity contribution < 1.29 is 14.7 Å². The molecule has 0 aromatic heterocycles. The van der Waals surface area contributed by atoms with Gasteiger partial charge in [0, 0.05) is 19.8 Å². The van der Waals surface area contributed by atoms with Crippen molar-refractivity contribution in [1.29, 1.82) is 5.26 Å². The van der Waals surface area contributed by atoms with Crippen molar-refractivity contribution in [2.45, 2.75) is 32.9 Å². The monoisotopic (exact) mass is 329 g/mol. The second kappa shape index (κ2) is 9.36. The summed E-state index contributed by atoms with van der Waals surface area (Å²) in [5.74, 6) is -1.67. The predicted molar refractivity (Wildman–Crippen MR) is 90.6 cm³/mol. The number of amides is 1. The van der Waals surface area contributed by atoms with E-state index in [9.17, 15) is 20.0 Å². The molecule has 1 rings (SSSR count). The molecule has 1 atom stereocenters. The summed E-state index contributed by atoms with van der Waals surface area (Å²) in [6.07, 6.45) is 1.73. The Balaban J connectivity index is 2.77. The van der Waals surface area contributed by atoms with Gasteiger partial charge in [0.25, 0.3) is 5.91 Å². The van der Waals surface area contributed by atoms with E-state index in [1.165, 1.54) is 6.20 Å². The number of nitrogens with zero attached hydrogens (tertiary/aromatic N) is 2. The third-order valence-corrected chi connectivity index (χ3v) is 3.30. The van der Waals surface area contributed by atoms with Gasteiger partial charge < -0.3 is 15.3 Å². The molecule has 0 saturated carbocycles. The summed E-state index contributed by atoms with van der Waals surface area (Å²) in [6.45, 7) is 4.28. The van der Waals surface area contributed by atoms with Crippen molar-refractivity contribution >= 4 is 11.9 Å². The molecular formula is C18H23N3O3. The molecule has 0 fully saturated rings. The summed E-state index contributed by atoms with van der Waals surface area (Å²) in [7, 11) is 1.75. The molecule has 0 aliphatic carbocycles. The minimum atomic E-state index is -1.10. The molecule has 6 nitrogen and oxygen atoms in total. The minimum absolute atomic E-state index is 0.113. The lowest BCUT2D eigenvalue weighted by Crippen LogP contribution is -2.42. The van der Waals surface area contributed by atoms with Crippen molar-refractivity contribution in [3.05, 3.63) is 47.7 Å². The molecule has 0 spiro atoms. The number of carboxylic acids is 1. The Labute approximate surface area is 142 Å². The van der Waals surface area contributed by atoms with Crippen LogP contribution in [0.4, 0.5) is 0 Å². The van der Waals surface area contributed by atoms with Crippen molar-refractivity contribution in [3.63, 3.8) is 0 Å². The second-order valence-corrected chi connectivity index (χ2v) is 6.05. The van der Waals surface area contributed by atoms with Gasteiger partial charge in [-0.05, 0) is 17.9 Å². The highest BCUT2D eigenvalue weighted by atomic mass is 16.4. The van der Waals surface area contributed by atoms with E-state index in [1.54, 1.807) is 11.9 Å². The first-order chi connectivity index (χ1) is 11.3. The third-order valence-electron chi connectivity index (χ3n) is 3.30. The molecule has 0 aliphatic heterocycles. The molecule has 0 saturated heterocycles. The van der Waals surface area contributed by atoms with Gasteiger partial charge in [-0.1, -0.05) is 44.2 Å². The number of aliphatic carboxylic acids is 1. The highest BCUT2D eigenvalue weighted by Gasteiger charge is 2.23. The number of hydrogen-bond acceptors (Lipinski definition) is 4. The lowest BCUT2D eigenvalue weighted by molar-refractivity contribution is -0.141. The molecule has 24 heavy (non-hydrogen) atoms. The van der Waals surface area contributed by atoms with E-state index in [-0.39, 0.29) is 11.5 Å². The largest absolute Gasteiger partial charge is 0.480 e. The van der Waals surface area contributed by atoms with Crippen LogP contribution in [-0.2, 0) is 16.1 Å². The van der Waals surface area contributed by atoms with Crippen LogP contribution in [0.15, 0.2) is 42.1 Å². The highest BCUT2D eigenvalue weighted by Crippen LogP contribution is 2.08. The maximum atomic E-state index is 12.2. The van der Waals surface area contributed by atoms with E-state index in [4.69, 9.17) is 0 Å². The number of nitrogens with one attached hydrogen (secondary N) is 1. The van der Waals surface area contributed by atoms with Crippen LogP contribution in [0, 0.1) is 17.2 Å². The standard InChI is InChI=1S/C18H23N3O3/c1-13(2)9-16(18(23)24)20-17(22)15(10-19)12-21(3)11-14-7-5-4-6-8-14/h4-8,12-13,16H,9,11H2,1-3H3,(H,20,22)(H,23,24)/b15-12-. The molecular weight excluding hydrogens is 306 g/mol. The van der Waals surface area contributed by atoms with Gasteiger partial charge in [-0.25, -0.2) is 4.79 Å². The van der Waals surface area contributed by atoms with Gasteiger partial charge in [-0.2, -0.15) is 5.26 Å². The highest BCUT2D eigenvalue weighted by molar-refractivity contribution is 5.99. The number of nitriles is 1. The first kappa shape index (κ1) is 19.2. The Morgan fingerprint density at radius 1 is 1.33 bits per heavy atom. The molecule has 1 aromatic carbocycles. The van der Waals surface area contributed by atoms with Gasteiger partial charge in [0.2, 0.25) is 0 Å². The first-order valence-corrected chi connectivity index (χ1v) is 7.73. The number of carboxylic acid groups (broad SMARTS) is 1. The smallest absolute Gasteiger partial charge is 0.326 e. The van der Waals surface area contributed by atoms with Crippen molar-refractivity contribution in [3.8, 4) is 6.07 Å². The maximum absolute atomic E-state index is 12.2. The second-order valence-electron chi connectivity index (χ2n) is 6.05. The SMILES string of the molecule is CC(C)CC(NC(=O)/C(C#N)=C\N(C)Cc1ccccc1)C(=O)O. The summed E-state index contributed by atoms with van der Waals surface area (Å²) in [6, 6.07) is 10.4. The average Bonchev–Trinajstić information content (AvgIpc) is 2.52. The Hall–Kier alpha value is -2.81. The number of carbonyl (C=O) groups is 2. The molecule has 1 unspecified atom stereocenters.